The van der Waals surface area contributed by atoms with Crippen molar-refractivity contribution in [2.24, 2.45) is 0 Å². The predicted molar refractivity (Wildman–Crippen MR) is 102 cm³/mol. The van der Waals surface area contributed by atoms with Crippen LogP contribution in [-0.2, 0) is 0 Å². The number of benzene rings is 1. The first-order valence-electron chi connectivity index (χ1n) is 9.56. The minimum Gasteiger partial charge on any atom is -0.303 e. The van der Waals surface area contributed by atoms with Gasteiger partial charge in [-0.05, 0) is 57.8 Å². The van der Waals surface area contributed by atoms with E-state index in [-0.39, 0.29) is 5.54 Å². The number of hydrogen-bond donors (Lipinski definition) is 1. The van der Waals surface area contributed by atoms with Crippen molar-refractivity contribution in [3.05, 3.63) is 47.5 Å². The maximum absolute atomic E-state index is 3.52. The van der Waals surface area contributed by atoms with Crippen molar-refractivity contribution in [2.45, 2.75) is 51.6 Å². The molecule has 1 aromatic rings. The zero-order valence-electron chi connectivity index (χ0n) is 15.6. The van der Waals surface area contributed by atoms with Gasteiger partial charge in [-0.2, -0.15) is 0 Å². The topological polar surface area (TPSA) is 18.5 Å². The van der Waals surface area contributed by atoms with Crippen molar-refractivity contribution in [1.82, 2.24) is 15.1 Å². The zero-order chi connectivity index (χ0) is 17.0. The highest BCUT2D eigenvalue weighted by Crippen LogP contribution is 2.39. The molecular weight excluding hydrogens is 294 g/mol. The van der Waals surface area contributed by atoms with Crippen LogP contribution in [0.4, 0.5) is 0 Å². The maximum Gasteiger partial charge on any atom is 0.0591 e. The highest BCUT2D eigenvalue weighted by Gasteiger charge is 2.38. The largest absolute Gasteiger partial charge is 0.303 e. The predicted octanol–water partition coefficient (Wildman–Crippen LogP) is 3.80. The van der Waals surface area contributed by atoms with Gasteiger partial charge >= 0.3 is 0 Å². The van der Waals surface area contributed by atoms with Crippen molar-refractivity contribution in [2.75, 3.05) is 32.8 Å². The number of rotatable bonds is 5. The molecule has 132 valence electrons. The van der Waals surface area contributed by atoms with Gasteiger partial charge < -0.3 is 5.32 Å². The molecule has 0 saturated carbocycles. The van der Waals surface area contributed by atoms with E-state index < -0.39 is 0 Å². The summed E-state index contributed by atoms with van der Waals surface area (Å²) in [6.07, 6.45) is 6.43. The summed E-state index contributed by atoms with van der Waals surface area (Å²) in [5.41, 5.74) is 3.05. The van der Waals surface area contributed by atoms with Gasteiger partial charge in [0.1, 0.15) is 0 Å². The quantitative estimate of drug-likeness (QED) is 0.830. The van der Waals surface area contributed by atoms with Crippen LogP contribution in [0.5, 0.6) is 0 Å². The lowest BCUT2D eigenvalue weighted by molar-refractivity contribution is 0.105. The Morgan fingerprint density at radius 3 is 2.38 bits per heavy atom. The SMILES string of the molecule is C/C=C(\C(c1ccccc1)N1CCNC1)C(C)(C)N1CCCCC1. The van der Waals surface area contributed by atoms with Gasteiger partial charge in [0.25, 0.3) is 0 Å². The molecule has 3 nitrogen and oxygen atoms in total. The average Bonchev–Trinajstić information content (AvgIpc) is 3.15. The van der Waals surface area contributed by atoms with Crippen LogP contribution in [-0.4, -0.2) is 48.2 Å². The monoisotopic (exact) mass is 327 g/mol. The van der Waals surface area contributed by atoms with E-state index in [1.165, 1.54) is 37.9 Å². The van der Waals surface area contributed by atoms with Gasteiger partial charge in [-0.1, -0.05) is 42.8 Å². The molecule has 0 aromatic heterocycles. The van der Waals surface area contributed by atoms with Crippen LogP contribution in [0.2, 0.25) is 0 Å². The summed E-state index contributed by atoms with van der Waals surface area (Å²) in [6.45, 7) is 12.7. The van der Waals surface area contributed by atoms with Gasteiger partial charge in [0.05, 0.1) is 6.04 Å². The molecule has 2 saturated heterocycles. The molecule has 3 heteroatoms. The Hall–Kier alpha value is -1.16. The Labute approximate surface area is 147 Å². The standard InChI is InChI=1S/C21H33N3/c1-4-19(21(2,3)24-14-9-6-10-15-24)20(23-16-13-22-17-23)18-11-7-5-8-12-18/h4-5,7-8,11-12,20,22H,6,9-10,13-17H2,1-3H3/b19-4+. The number of likely N-dealkylation sites (tertiary alicyclic amines) is 1. The van der Waals surface area contributed by atoms with Gasteiger partial charge in [0.15, 0.2) is 0 Å². The molecule has 2 aliphatic rings. The lowest BCUT2D eigenvalue weighted by atomic mass is 9.81. The van der Waals surface area contributed by atoms with Crippen LogP contribution in [0.15, 0.2) is 42.0 Å². The molecule has 2 heterocycles. The molecule has 3 rings (SSSR count). The van der Waals surface area contributed by atoms with E-state index in [1.54, 1.807) is 5.57 Å². The molecule has 1 N–H and O–H groups in total. The molecule has 24 heavy (non-hydrogen) atoms. The van der Waals surface area contributed by atoms with Crippen molar-refractivity contribution < 1.29 is 0 Å². The van der Waals surface area contributed by atoms with Crippen LogP contribution >= 0.6 is 0 Å². The van der Waals surface area contributed by atoms with Crippen LogP contribution in [0.3, 0.4) is 0 Å². The molecule has 1 aromatic carbocycles. The third-order valence-electron chi connectivity index (χ3n) is 5.83. The fourth-order valence-electron chi connectivity index (χ4n) is 4.45. The Bertz CT molecular complexity index is 537. The minimum absolute atomic E-state index is 0.0955. The van der Waals surface area contributed by atoms with E-state index in [0.29, 0.717) is 6.04 Å². The maximum atomic E-state index is 3.52. The van der Waals surface area contributed by atoms with E-state index >= 15 is 0 Å². The van der Waals surface area contributed by atoms with Crippen LogP contribution in [0.1, 0.15) is 51.6 Å². The second kappa shape index (κ2) is 7.81. The Kier molecular flexibility index (Phi) is 5.75. The minimum atomic E-state index is 0.0955. The summed E-state index contributed by atoms with van der Waals surface area (Å²) in [7, 11) is 0. The van der Waals surface area contributed by atoms with E-state index in [0.717, 1.165) is 19.8 Å². The molecule has 2 aliphatic heterocycles. The summed E-state index contributed by atoms with van der Waals surface area (Å²) in [4.78, 5) is 5.29. The van der Waals surface area contributed by atoms with Crippen LogP contribution in [0, 0.1) is 0 Å². The summed E-state index contributed by atoms with van der Waals surface area (Å²) in [5.74, 6) is 0. The normalized spacial score (nSPS) is 22.7. The molecule has 2 fully saturated rings. The van der Waals surface area contributed by atoms with Gasteiger partial charge in [0.2, 0.25) is 0 Å². The zero-order valence-corrected chi connectivity index (χ0v) is 15.6. The third-order valence-corrected chi connectivity index (χ3v) is 5.83. The highest BCUT2D eigenvalue weighted by molar-refractivity contribution is 5.34. The fraction of sp³-hybridized carbons (Fsp3) is 0.619. The van der Waals surface area contributed by atoms with Crippen LogP contribution in [0.25, 0.3) is 0 Å². The molecule has 0 radical (unpaired) electrons. The van der Waals surface area contributed by atoms with Gasteiger partial charge in [0, 0.05) is 25.3 Å². The Morgan fingerprint density at radius 2 is 1.79 bits per heavy atom. The highest BCUT2D eigenvalue weighted by atomic mass is 15.3. The first-order valence-corrected chi connectivity index (χ1v) is 9.56. The lowest BCUT2D eigenvalue weighted by Gasteiger charge is -2.46. The molecule has 0 aliphatic carbocycles. The molecule has 0 amide bonds. The van der Waals surface area contributed by atoms with E-state index in [1.807, 2.05) is 0 Å². The molecular formula is C21H33N3. The number of nitrogens with one attached hydrogen (secondary N) is 1. The fourth-order valence-corrected chi connectivity index (χ4v) is 4.45. The van der Waals surface area contributed by atoms with Gasteiger partial charge in [-0.3, -0.25) is 9.80 Å². The summed E-state index contributed by atoms with van der Waals surface area (Å²) in [5, 5.41) is 3.52. The number of nitrogens with zero attached hydrogens (tertiary/aromatic N) is 2. The van der Waals surface area contributed by atoms with Gasteiger partial charge in [-0.15, -0.1) is 0 Å². The summed E-state index contributed by atoms with van der Waals surface area (Å²) in [6, 6.07) is 11.4. The number of hydrogen-bond acceptors (Lipinski definition) is 3. The van der Waals surface area contributed by atoms with Crippen molar-refractivity contribution in [3.8, 4) is 0 Å². The van der Waals surface area contributed by atoms with E-state index in [2.05, 4.69) is 72.3 Å². The van der Waals surface area contributed by atoms with Crippen LogP contribution < -0.4 is 5.32 Å². The second-order valence-corrected chi connectivity index (χ2v) is 7.63. The smallest absolute Gasteiger partial charge is 0.0591 e. The summed E-state index contributed by atoms with van der Waals surface area (Å²) < 4.78 is 0. The lowest BCUT2D eigenvalue weighted by Crippen LogP contribution is -2.50. The van der Waals surface area contributed by atoms with E-state index in [4.69, 9.17) is 0 Å². The van der Waals surface area contributed by atoms with Gasteiger partial charge in [-0.25, -0.2) is 0 Å². The number of piperidine rings is 1. The second-order valence-electron chi connectivity index (χ2n) is 7.63. The third kappa shape index (κ3) is 3.58. The van der Waals surface area contributed by atoms with Crippen molar-refractivity contribution >= 4 is 0 Å². The number of allylic oxidation sites excluding steroid dienone is 1. The van der Waals surface area contributed by atoms with Crippen molar-refractivity contribution in [3.63, 3.8) is 0 Å². The average molecular weight is 328 g/mol. The Morgan fingerprint density at radius 1 is 1.08 bits per heavy atom. The van der Waals surface area contributed by atoms with Crippen molar-refractivity contribution in [1.29, 1.82) is 0 Å². The Balaban J connectivity index is 1.94. The first-order chi connectivity index (χ1) is 11.6. The molecule has 1 atom stereocenters. The molecule has 0 bridgehead atoms. The summed E-state index contributed by atoms with van der Waals surface area (Å²) >= 11 is 0. The molecule has 1 unspecified atom stereocenters. The van der Waals surface area contributed by atoms with E-state index in [9.17, 15) is 0 Å². The first kappa shape index (κ1) is 17.7. The molecule has 0 spiro atoms.